The van der Waals surface area contributed by atoms with Gasteiger partial charge in [0.2, 0.25) is 0 Å². The maximum atomic E-state index is 12.0. The second kappa shape index (κ2) is 7.83. The first kappa shape index (κ1) is 17.1. The number of hydrogen-bond donors (Lipinski definition) is 1. The third-order valence-electron chi connectivity index (χ3n) is 3.84. The summed E-state index contributed by atoms with van der Waals surface area (Å²) >= 11 is 0. The maximum Gasteiger partial charge on any atom is 0.258 e. The van der Waals surface area contributed by atoms with E-state index in [1.165, 1.54) is 5.56 Å². The van der Waals surface area contributed by atoms with E-state index in [1.807, 2.05) is 63.2 Å². The molecule has 2 rings (SSSR count). The molecular weight excluding hydrogens is 292 g/mol. The number of benzene rings is 1. The Balaban J connectivity index is 1.83. The van der Waals surface area contributed by atoms with Gasteiger partial charge in [-0.3, -0.25) is 9.69 Å². The van der Waals surface area contributed by atoms with Gasteiger partial charge in [0.25, 0.3) is 5.91 Å². The van der Waals surface area contributed by atoms with Gasteiger partial charge in [-0.25, -0.2) is 0 Å². The number of nitrogens with zero attached hydrogens (tertiary/aromatic N) is 1. The molecule has 0 bridgehead atoms. The van der Waals surface area contributed by atoms with Crippen LogP contribution in [0.3, 0.4) is 0 Å². The predicted molar refractivity (Wildman–Crippen MR) is 89.6 cm³/mol. The first-order valence-electron chi connectivity index (χ1n) is 7.64. The van der Waals surface area contributed by atoms with E-state index in [0.717, 1.165) is 11.3 Å². The topological polar surface area (TPSA) is 54.7 Å². The van der Waals surface area contributed by atoms with Gasteiger partial charge < -0.3 is 14.5 Å². The van der Waals surface area contributed by atoms with Crippen LogP contribution in [0.15, 0.2) is 41.0 Å². The molecule has 1 heterocycles. The Morgan fingerprint density at radius 2 is 2.04 bits per heavy atom. The van der Waals surface area contributed by atoms with Crippen LogP contribution in [0.2, 0.25) is 0 Å². The Hall–Kier alpha value is -2.27. The summed E-state index contributed by atoms with van der Waals surface area (Å²) in [6.07, 6.45) is 1.64. The number of amides is 1. The van der Waals surface area contributed by atoms with Gasteiger partial charge in [0, 0.05) is 6.54 Å². The Morgan fingerprint density at radius 1 is 1.26 bits per heavy atom. The van der Waals surface area contributed by atoms with Crippen LogP contribution in [0, 0.1) is 13.8 Å². The lowest BCUT2D eigenvalue weighted by molar-refractivity contribution is -0.123. The monoisotopic (exact) mass is 316 g/mol. The molecule has 5 heteroatoms. The van der Waals surface area contributed by atoms with Gasteiger partial charge in [-0.1, -0.05) is 6.07 Å². The molecular formula is C18H24N2O3. The molecule has 1 N–H and O–H groups in total. The molecule has 2 aromatic rings. The van der Waals surface area contributed by atoms with Crippen molar-refractivity contribution in [2.75, 3.05) is 27.2 Å². The highest BCUT2D eigenvalue weighted by molar-refractivity contribution is 5.77. The summed E-state index contributed by atoms with van der Waals surface area (Å²) in [6, 6.07) is 9.55. The zero-order valence-corrected chi connectivity index (χ0v) is 14.1. The van der Waals surface area contributed by atoms with Crippen molar-refractivity contribution in [2.24, 2.45) is 0 Å². The maximum absolute atomic E-state index is 12.0. The fraction of sp³-hybridized carbons (Fsp3) is 0.389. The molecule has 1 aromatic heterocycles. The Morgan fingerprint density at radius 3 is 2.65 bits per heavy atom. The van der Waals surface area contributed by atoms with E-state index in [2.05, 4.69) is 5.32 Å². The van der Waals surface area contributed by atoms with Crippen molar-refractivity contribution in [3.63, 3.8) is 0 Å². The van der Waals surface area contributed by atoms with Crippen LogP contribution in [0.25, 0.3) is 0 Å². The van der Waals surface area contributed by atoms with Crippen LogP contribution in [0.1, 0.15) is 22.9 Å². The molecule has 0 saturated carbocycles. The van der Waals surface area contributed by atoms with Crippen LogP contribution in [-0.2, 0) is 4.79 Å². The quantitative estimate of drug-likeness (QED) is 0.853. The standard InChI is InChI=1S/C18H24N2O3/c1-13-7-8-15(10-14(13)2)23-12-18(21)19-11-16(20(3)4)17-6-5-9-22-17/h5-10,16H,11-12H2,1-4H3,(H,19,21). The molecule has 1 aromatic carbocycles. The molecule has 0 saturated heterocycles. The predicted octanol–water partition coefficient (Wildman–Crippen LogP) is 2.69. The van der Waals surface area contributed by atoms with Crippen LogP contribution in [0.5, 0.6) is 5.75 Å². The highest BCUT2D eigenvalue weighted by Gasteiger charge is 2.17. The largest absolute Gasteiger partial charge is 0.484 e. The average Bonchev–Trinajstić information content (AvgIpc) is 3.02. The van der Waals surface area contributed by atoms with E-state index in [4.69, 9.17) is 9.15 Å². The van der Waals surface area contributed by atoms with Crippen molar-refractivity contribution in [1.29, 1.82) is 0 Å². The SMILES string of the molecule is Cc1ccc(OCC(=O)NCC(c2ccco2)N(C)C)cc1C. The molecule has 1 unspecified atom stereocenters. The molecule has 1 atom stereocenters. The lowest BCUT2D eigenvalue weighted by Crippen LogP contribution is -2.36. The van der Waals surface area contributed by atoms with Crippen molar-refractivity contribution in [3.05, 3.63) is 53.5 Å². The summed E-state index contributed by atoms with van der Waals surface area (Å²) in [6.45, 7) is 4.53. The molecule has 5 nitrogen and oxygen atoms in total. The van der Waals surface area contributed by atoms with Gasteiger partial charge in [0.05, 0.1) is 12.3 Å². The minimum atomic E-state index is -0.151. The van der Waals surface area contributed by atoms with E-state index < -0.39 is 0 Å². The van der Waals surface area contributed by atoms with E-state index in [1.54, 1.807) is 6.26 Å². The lowest BCUT2D eigenvalue weighted by Gasteiger charge is -2.22. The molecule has 1 amide bonds. The number of ether oxygens (including phenoxy) is 1. The molecule has 0 aliphatic heterocycles. The minimum Gasteiger partial charge on any atom is -0.484 e. The number of carbonyl (C=O) groups is 1. The number of hydrogen-bond acceptors (Lipinski definition) is 4. The number of likely N-dealkylation sites (N-methyl/N-ethyl adjacent to an activating group) is 1. The number of carbonyl (C=O) groups excluding carboxylic acids is 1. The first-order chi connectivity index (χ1) is 11.0. The van der Waals surface area contributed by atoms with E-state index in [0.29, 0.717) is 12.3 Å². The van der Waals surface area contributed by atoms with E-state index >= 15 is 0 Å². The second-order valence-corrected chi connectivity index (χ2v) is 5.83. The zero-order chi connectivity index (χ0) is 16.8. The summed E-state index contributed by atoms with van der Waals surface area (Å²) in [5.74, 6) is 1.38. The smallest absolute Gasteiger partial charge is 0.258 e. The second-order valence-electron chi connectivity index (χ2n) is 5.83. The number of furan rings is 1. The summed E-state index contributed by atoms with van der Waals surface area (Å²) < 4.78 is 11.0. The van der Waals surface area contributed by atoms with Crippen molar-refractivity contribution < 1.29 is 13.9 Å². The summed E-state index contributed by atoms with van der Waals surface area (Å²) in [5, 5.41) is 2.88. The molecule has 0 spiro atoms. The third-order valence-corrected chi connectivity index (χ3v) is 3.84. The average molecular weight is 316 g/mol. The van der Waals surface area contributed by atoms with Crippen LogP contribution < -0.4 is 10.1 Å². The number of aryl methyl sites for hydroxylation is 2. The van der Waals surface area contributed by atoms with Crippen molar-refractivity contribution in [3.8, 4) is 5.75 Å². The van der Waals surface area contributed by atoms with Gasteiger partial charge in [0.15, 0.2) is 6.61 Å². The molecule has 23 heavy (non-hydrogen) atoms. The summed E-state index contributed by atoms with van der Waals surface area (Å²) in [4.78, 5) is 14.0. The van der Waals surface area contributed by atoms with Crippen molar-refractivity contribution in [2.45, 2.75) is 19.9 Å². The summed E-state index contributed by atoms with van der Waals surface area (Å²) in [5.41, 5.74) is 2.35. The Labute approximate surface area is 137 Å². The van der Waals surface area contributed by atoms with Gasteiger partial charge >= 0.3 is 0 Å². The molecule has 124 valence electrons. The lowest BCUT2D eigenvalue weighted by atomic mass is 10.1. The van der Waals surface area contributed by atoms with E-state index in [9.17, 15) is 4.79 Å². The van der Waals surface area contributed by atoms with Crippen molar-refractivity contribution >= 4 is 5.91 Å². The third kappa shape index (κ3) is 4.86. The summed E-state index contributed by atoms with van der Waals surface area (Å²) in [7, 11) is 3.90. The van der Waals surface area contributed by atoms with Crippen LogP contribution in [0.4, 0.5) is 0 Å². The fourth-order valence-corrected chi connectivity index (χ4v) is 2.23. The highest BCUT2D eigenvalue weighted by Crippen LogP contribution is 2.18. The molecule has 0 radical (unpaired) electrons. The van der Waals surface area contributed by atoms with Gasteiger partial charge in [-0.2, -0.15) is 0 Å². The van der Waals surface area contributed by atoms with Gasteiger partial charge in [0.1, 0.15) is 11.5 Å². The molecule has 0 fully saturated rings. The normalized spacial score (nSPS) is 12.2. The highest BCUT2D eigenvalue weighted by atomic mass is 16.5. The first-order valence-corrected chi connectivity index (χ1v) is 7.64. The number of nitrogens with one attached hydrogen (secondary N) is 1. The fourth-order valence-electron chi connectivity index (χ4n) is 2.23. The Kier molecular flexibility index (Phi) is 5.82. The van der Waals surface area contributed by atoms with Gasteiger partial charge in [-0.15, -0.1) is 0 Å². The van der Waals surface area contributed by atoms with Crippen molar-refractivity contribution in [1.82, 2.24) is 10.2 Å². The van der Waals surface area contributed by atoms with Crippen LogP contribution in [-0.4, -0.2) is 38.1 Å². The Bertz CT molecular complexity index is 636. The van der Waals surface area contributed by atoms with Gasteiger partial charge in [-0.05, 0) is 63.3 Å². The zero-order valence-electron chi connectivity index (χ0n) is 14.1. The molecule has 0 aliphatic carbocycles. The minimum absolute atomic E-state index is 0.000798. The van der Waals surface area contributed by atoms with Crippen LogP contribution >= 0.6 is 0 Å². The molecule has 0 aliphatic rings. The number of rotatable bonds is 7. The van der Waals surface area contributed by atoms with E-state index in [-0.39, 0.29) is 18.6 Å².